The molecule has 1 aromatic rings. The van der Waals surface area contributed by atoms with E-state index in [1.54, 1.807) is 26.0 Å². The third kappa shape index (κ3) is 4.55. The van der Waals surface area contributed by atoms with Gasteiger partial charge in [0.05, 0.1) is 11.0 Å². The third-order valence-electron chi connectivity index (χ3n) is 4.28. The van der Waals surface area contributed by atoms with Crippen molar-refractivity contribution in [1.82, 2.24) is 9.62 Å². The summed E-state index contributed by atoms with van der Waals surface area (Å²) in [5, 5.41) is 2.83. The number of benzene rings is 1. The Morgan fingerprint density at radius 2 is 2.17 bits per heavy atom. The van der Waals surface area contributed by atoms with E-state index in [0.717, 1.165) is 25.9 Å². The number of hydrogen-bond donors (Lipinski definition) is 1. The predicted molar refractivity (Wildman–Crippen MR) is 92.5 cm³/mol. The van der Waals surface area contributed by atoms with Gasteiger partial charge in [0.2, 0.25) is 10.0 Å². The highest BCUT2D eigenvalue weighted by Gasteiger charge is 2.24. The van der Waals surface area contributed by atoms with E-state index >= 15 is 0 Å². The van der Waals surface area contributed by atoms with Crippen molar-refractivity contribution >= 4 is 15.9 Å². The van der Waals surface area contributed by atoms with E-state index in [2.05, 4.69) is 5.32 Å². The van der Waals surface area contributed by atoms with Crippen LogP contribution in [-0.2, 0) is 14.8 Å². The van der Waals surface area contributed by atoms with E-state index in [9.17, 15) is 13.2 Å². The molecule has 0 radical (unpaired) electrons. The van der Waals surface area contributed by atoms with Gasteiger partial charge in [-0.05, 0) is 51.3 Å². The molecule has 1 saturated heterocycles. The number of sulfonamides is 1. The van der Waals surface area contributed by atoms with Crippen molar-refractivity contribution in [2.24, 2.45) is 0 Å². The van der Waals surface area contributed by atoms with Crippen LogP contribution in [0.3, 0.4) is 0 Å². The SMILES string of the molecule is CC(C)N(C)S(=O)(=O)c1cccc(C(=O)NCCC2CCCO2)c1. The zero-order valence-corrected chi connectivity index (χ0v) is 15.3. The smallest absolute Gasteiger partial charge is 0.251 e. The molecule has 1 amide bonds. The van der Waals surface area contributed by atoms with Gasteiger partial charge >= 0.3 is 0 Å². The van der Waals surface area contributed by atoms with Crippen LogP contribution in [-0.4, -0.2) is 51.0 Å². The lowest BCUT2D eigenvalue weighted by atomic mass is 10.1. The van der Waals surface area contributed by atoms with E-state index < -0.39 is 10.0 Å². The standard InChI is InChI=1S/C17H26N2O4S/c1-13(2)19(3)24(21,22)16-8-4-6-14(12-16)17(20)18-10-9-15-7-5-11-23-15/h4,6,8,12-13,15H,5,7,9-11H2,1-3H3,(H,18,20). The average molecular weight is 354 g/mol. The first-order valence-electron chi connectivity index (χ1n) is 8.30. The summed E-state index contributed by atoms with van der Waals surface area (Å²) in [6.45, 7) is 4.92. The van der Waals surface area contributed by atoms with Crippen molar-refractivity contribution in [2.45, 2.75) is 50.2 Å². The Morgan fingerprint density at radius 1 is 1.42 bits per heavy atom. The number of rotatable bonds is 7. The summed E-state index contributed by atoms with van der Waals surface area (Å²) in [4.78, 5) is 12.4. The van der Waals surface area contributed by atoms with Gasteiger partial charge in [0.25, 0.3) is 5.91 Å². The van der Waals surface area contributed by atoms with Crippen molar-refractivity contribution in [3.05, 3.63) is 29.8 Å². The van der Waals surface area contributed by atoms with Crippen LogP contribution in [0.4, 0.5) is 0 Å². The largest absolute Gasteiger partial charge is 0.378 e. The first-order valence-corrected chi connectivity index (χ1v) is 9.74. The number of carbonyl (C=O) groups excluding carboxylic acids is 1. The molecule has 2 rings (SSSR count). The number of hydrogen-bond acceptors (Lipinski definition) is 4. The van der Waals surface area contributed by atoms with Gasteiger partial charge in [-0.2, -0.15) is 4.31 Å². The lowest BCUT2D eigenvalue weighted by Crippen LogP contribution is -2.33. The second kappa shape index (κ2) is 8.09. The molecule has 0 saturated carbocycles. The van der Waals surface area contributed by atoms with Gasteiger partial charge in [0.1, 0.15) is 0 Å². The molecule has 7 heteroatoms. The fraction of sp³-hybridized carbons (Fsp3) is 0.588. The van der Waals surface area contributed by atoms with Gasteiger partial charge in [0.15, 0.2) is 0 Å². The molecule has 0 spiro atoms. The molecule has 134 valence electrons. The van der Waals surface area contributed by atoms with E-state index in [0.29, 0.717) is 12.1 Å². The highest BCUT2D eigenvalue weighted by molar-refractivity contribution is 7.89. The van der Waals surface area contributed by atoms with Crippen LogP contribution in [0, 0.1) is 0 Å². The predicted octanol–water partition coefficient (Wildman–Crippen LogP) is 2.01. The zero-order chi connectivity index (χ0) is 17.7. The Hall–Kier alpha value is -1.44. The summed E-state index contributed by atoms with van der Waals surface area (Å²) >= 11 is 0. The van der Waals surface area contributed by atoms with Crippen LogP contribution in [0.15, 0.2) is 29.2 Å². The van der Waals surface area contributed by atoms with Gasteiger partial charge in [-0.3, -0.25) is 4.79 Å². The Balaban J connectivity index is 2.02. The lowest BCUT2D eigenvalue weighted by Gasteiger charge is -2.21. The first-order chi connectivity index (χ1) is 11.3. The van der Waals surface area contributed by atoms with Crippen molar-refractivity contribution < 1.29 is 17.9 Å². The van der Waals surface area contributed by atoms with Gasteiger partial charge < -0.3 is 10.1 Å². The molecule has 0 aliphatic carbocycles. The fourth-order valence-electron chi connectivity index (χ4n) is 2.56. The molecule has 0 bridgehead atoms. The van der Waals surface area contributed by atoms with Crippen molar-refractivity contribution in [2.75, 3.05) is 20.2 Å². The van der Waals surface area contributed by atoms with Gasteiger partial charge in [-0.25, -0.2) is 8.42 Å². The summed E-state index contributed by atoms with van der Waals surface area (Å²) in [5.41, 5.74) is 0.348. The summed E-state index contributed by atoms with van der Waals surface area (Å²) in [7, 11) is -2.06. The second-order valence-corrected chi connectivity index (χ2v) is 8.32. The molecule has 1 fully saturated rings. The molecule has 1 unspecified atom stereocenters. The molecular formula is C17H26N2O4S. The Bertz CT molecular complexity index is 667. The second-order valence-electron chi connectivity index (χ2n) is 6.32. The molecule has 1 N–H and O–H groups in total. The number of amides is 1. The van der Waals surface area contributed by atoms with Gasteiger partial charge in [0, 0.05) is 31.8 Å². The van der Waals surface area contributed by atoms with Crippen molar-refractivity contribution in [3.63, 3.8) is 0 Å². The third-order valence-corrected chi connectivity index (χ3v) is 6.31. The average Bonchev–Trinajstić information content (AvgIpc) is 3.07. The lowest BCUT2D eigenvalue weighted by molar-refractivity contribution is 0.0907. The number of nitrogens with one attached hydrogen (secondary N) is 1. The maximum absolute atomic E-state index is 12.5. The molecule has 24 heavy (non-hydrogen) atoms. The van der Waals surface area contributed by atoms with Crippen LogP contribution in [0.5, 0.6) is 0 Å². The van der Waals surface area contributed by atoms with Gasteiger partial charge in [-0.15, -0.1) is 0 Å². The maximum atomic E-state index is 12.5. The summed E-state index contributed by atoms with van der Waals surface area (Å²) < 4.78 is 31.8. The summed E-state index contributed by atoms with van der Waals surface area (Å²) in [6.07, 6.45) is 3.10. The minimum Gasteiger partial charge on any atom is -0.378 e. The number of carbonyl (C=O) groups is 1. The summed E-state index contributed by atoms with van der Waals surface area (Å²) in [6, 6.07) is 6.00. The number of ether oxygens (including phenoxy) is 1. The molecule has 1 heterocycles. The molecule has 1 aliphatic rings. The Morgan fingerprint density at radius 3 is 2.79 bits per heavy atom. The minimum absolute atomic E-state index is 0.130. The first kappa shape index (κ1) is 18.9. The van der Waals surface area contributed by atoms with Crippen LogP contribution >= 0.6 is 0 Å². The van der Waals surface area contributed by atoms with Crippen LogP contribution in [0.1, 0.15) is 43.5 Å². The fourth-order valence-corrected chi connectivity index (χ4v) is 3.98. The highest BCUT2D eigenvalue weighted by Crippen LogP contribution is 2.18. The van der Waals surface area contributed by atoms with Crippen molar-refractivity contribution in [1.29, 1.82) is 0 Å². The van der Waals surface area contributed by atoms with Crippen LogP contribution in [0.25, 0.3) is 0 Å². The zero-order valence-electron chi connectivity index (χ0n) is 14.5. The Kier molecular flexibility index (Phi) is 6.37. The van der Waals surface area contributed by atoms with E-state index in [-0.39, 0.29) is 22.9 Å². The Labute approximate surface area is 144 Å². The highest BCUT2D eigenvalue weighted by atomic mass is 32.2. The number of nitrogens with zero attached hydrogens (tertiary/aromatic N) is 1. The topological polar surface area (TPSA) is 75.7 Å². The normalized spacial score (nSPS) is 18.3. The molecule has 0 aromatic heterocycles. The molecular weight excluding hydrogens is 328 g/mol. The minimum atomic E-state index is -3.59. The van der Waals surface area contributed by atoms with E-state index in [1.807, 2.05) is 0 Å². The van der Waals surface area contributed by atoms with Crippen molar-refractivity contribution in [3.8, 4) is 0 Å². The molecule has 1 atom stereocenters. The molecule has 6 nitrogen and oxygen atoms in total. The molecule has 1 aromatic carbocycles. The van der Waals surface area contributed by atoms with E-state index in [4.69, 9.17) is 4.74 Å². The maximum Gasteiger partial charge on any atom is 0.251 e. The quantitative estimate of drug-likeness (QED) is 0.813. The monoisotopic (exact) mass is 354 g/mol. The molecule has 1 aliphatic heterocycles. The summed E-state index contributed by atoms with van der Waals surface area (Å²) in [5.74, 6) is -0.266. The van der Waals surface area contributed by atoms with E-state index in [1.165, 1.54) is 23.5 Å². The van der Waals surface area contributed by atoms with Gasteiger partial charge in [-0.1, -0.05) is 6.07 Å². The van der Waals surface area contributed by atoms with Crippen LogP contribution in [0.2, 0.25) is 0 Å². The van der Waals surface area contributed by atoms with Crippen LogP contribution < -0.4 is 5.32 Å².